The quantitative estimate of drug-likeness (QED) is 0.829. The molecule has 6 nitrogen and oxygen atoms in total. The van der Waals surface area contributed by atoms with Gasteiger partial charge in [-0.2, -0.15) is 0 Å². The molecule has 0 atom stereocenters. The molecule has 0 aliphatic carbocycles. The van der Waals surface area contributed by atoms with Crippen LogP contribution in [-0.2, 0) is 11.3 Å². The van der Waals surface area contributed by atoms with E-state index in [0.717, 1.165) is 11.3 Å². The second-order valence-electron chi connectivity index (χ2n) is 4.97. The van der Waals surface area contributed by atoms with Gasteiger partial charge in [0.15, 0.2) is 5.82 Å². The van der Waals surface area contributed by atoms with Crippen LogP contribution in [-0.4, -0.2) is 32.4 Å². The summed E-state index contributed by atoms with van der Waals surface area (Å²) in [5, 5.41) is 11.8. The summed E-state index contributed by atoms with van der Waals surface area (Å²) in [4.78, 5) is 0. The molecule has 0 aliphatic rings. The fraction of sp³-hybridized carbons (Fsp3) is 0.462. The topological polar surface area (TPSA) is 78.8 Å². The highest BCUT2D eigenvalue weighted by Gasteiger charge is 2.21. The molecule has 0 radical (unpaired) electrons. The van der Waals surface area contributed by atoms with Gasteiger partial charge in [0, 0.05) is 17.9 Å². The molecule has 1 aromatic carbocycles. The van der Waals surface area contributed by atoms with Crippen molar-refractivity contribution in [1.29, 1.82) is 0 Å². The van der Waals surface area contributed by atoms with Gasteiger partial charge in [-0.15, -0.1) is 5.10 Å². The van der Waals surface area contributed by atoms with E-state index in [0.29, 0.717) is 19.0 Å². The number of hydrogen-bond donors (Lipinski definition) is 1. The third-order valence-electron chi connectivity index (χ3n) is 2.77. The number of benzene rings is 1. The zero-order chi connectivity index (χ0) is 13.9. The van der Waals surface area contributed by atoms with Crippen molar-refractivity contribution in [3.8, 4) is 11.4 Å². The number of tetrazole rings is 1. The van der Waals surface area contributed by atoms with E-state index in [1.54, 1.807) is 4.68 Å². The van der Waals surface area contributed by atoms with E-state index in [2.05, 4.69) is 15.5 Å². The second-order valence-corrected chi connectivity index (χ2v) is 4.97. The Kier molecular flexibility index (Phi) is 3.80. The average molecular weight is 261 g/mol. The highest BCUT2D eigenvalue weighted by atomic mass is 16.5. The van der Waals surface area contributed by atoms with Crippen LogP contribution in [0.1, 0.15) is 20.8 Å². The van der Waals surface area contributed by atoms with Crippen molar-refractivity contribution >= 4 is 5.69 Å². The van der Waals surface area contributed by atoms with E-state index in [4.69, 9.17) is 10.5 Å². The minimum Gasteiger partial charge on any atom is -0.399 e. The summed E-state index contributed by atoms with van der Waals surface area (Å²) in [6.07, 6.45) is 0. The van der Waals surface area contributed by atoms with Crippen molar-refractivity contribution in [2.45, 2.75) is 32.9 Å². The summed E-state index contributed by atoms with van der Waals surface area (Å²) < 4.78 is 7.43. The fourth-order valence-corrected chi connectivity index (χ4v) is 1.95. The molecule has 1 aromatic heterocycles. The van der Waals surface area contributed by atoms with Crippen LogP contribution in [0.15, 0.2) is 24.3 Å². The van der Waals surface area contributed by atoms with E-state index >= 15 is 0 Å². The molecule has 0 aliphatic heterocycles. The highest BCUT2D eigenvalue weighted by Crippen LogP contribution is 2.20. The number of rotatable bonds is 5. The van der Waals surface area contributed by atoms with Crippen LogP contribution in [0.2, 0.25) is 0 Å². The maximum absolute atomic E-state index is 5.68. The van der Waals surface area contributed by atoms with Crippen LogP contribution >= 0.6 is 0 Å². The molecule has 0 saturated carbocycles. The van der Waals surface area contributed by atoms with Crippen molar-refractivity contribution in [3.05, 3.63) is 24.3 Å². The summed E-state index contributed by atoms with van der Waals surface area (Å²) in [6.45, 7) is 7.26. The molecule has 1 heterocycles. The molecule has 0 unspecified atom stereocenters. The van der Waals surface area contributed by atoms with Gasteiger partial charge in [-0.05, 0) is 55.5 Å². The summed E-state index contributed by atoms with van der Waals surface area (Å²) in [6, 6.07) is 7.49. The zero-order valence-corrected chi connectivity index (χ0v) is 11.5. The Bertz CT molecular complexity index is 532. The lowest BCUT2D eigenvalue weighted by Gasteiger charge is -2.24. The van der Waals surface area contributed by atoms with Gasteiger partial charge >= 0.3 is 0 Å². The maximum Gasteiger partial charge on any atom is 0.182 e. The van der Waals surface area contributed by atoms with E-state index in [1.165, 1.54) is 0 Å². The Morgan fingerprint density at radius 1 is 1.26 bits per heavy atom. The molecule has 0 bridgehead atoms. The lowest BCUT2D eigenvalue weighted by molar-refractivity contribution is -0.0246. The molecule has 0 spiro atoms. The summed E-state index contributed by atoms with van der Waals surface area (Å²) in [5.74, 6) is 0.716. The van der Waals surface area contributed by atoms with Gasteiger partial charge in [-0.1, -0.05) is 0 Å². The zero-order valence-electron chi connectivity index (χ0n) is 11.5. The van der Waals surface area contributed by atoms with Crippen molar-refractivity contribution in [2.75, 3.05) is 12.3 Å². The normalized spacial score (nSPS) is 11.7. The maximum atomic E-state index is 5.68. The third-order valence-corrected chi connectivity index (χ3v) is 2.77. The van der Waals surface area contributed by atoms with Gasteiger partial charge < -0.3 is 10.5 Å². The van der Waals surface area contributed by atoms with E-state index in [-0.39, 0.29) is 5.60 Å². The van der Waals surface area contributed by atoms with Crippen LogP contribution in [0.5, 0.6) is 0 Å². The smallest absolute Gasteiger partial charge is 0.182 e. The lowest BCUT2D eigenvalue weighted by atomic mass is 10.1. The minimum atomic E-state index is -0.313. The molecule has 0 fully saturated rings. The van der Waals surface area contributed by atoms with Crippen LogP contribution < -0.4 is 5.73 Å². The number of hydrogen-bond acceptors (Lipinski definition) is 5. The van der Waals surface area contributed by atoms with Gasteiger partial charge in [0.1, 0.15) is 0 Å². The molecule has 19 heavy (non-hydrogen) atoms. The van der Waals surface area contributed by atoms with Gasteiger partial charge in [0.05, 0.1) is 12.1 Å². The van der Waals surface area contributed by atoms with E-state index < -0.39 is 0 Å². The second kappa shape index (κ2) is 5.36. The molecular weight excluding hydrogens is 242 g/mol. The van der Waals surface area contributed by atoms with Crippen LogP contribution in [0.4, 0.5) is 5.69 Å². The van der Waals surface area contributed by atoms with Crippen LogP contribution in [0.3, 0.4) is 0 Å². The van der Waals surface area contributed by atoms with Crippen molar-refractivity contribution in [1.82, 2.24) is 20.2 Å². The number of anilines is 1. The molecule has 6 heteroatoms. The molecule has 0 saturated heterocycles. The third kappa shape index (κ3) is 3.29. The number of ether oxygens (including phenoxy) is 1. The Balaban J connectivity index is 2.25. The largest absolute Gasteiger partial charge is 0.399 e. The summed E-state index contributed by atoms with van der Waals surface area (Å²) in [5.41, 5.74) is 7.02. The van der Waals surface area contributed by atoms with Crippen molar-refractivity contribution in [2.24, 2.45) is 0 Å². The fourth-order valence-electron chi connectivity index (χ4n) is 1.95. The van der Waals surface area contributed by atoms with Gasteiger partial charge in [0.25, 0.3) is 0 Å². The molecule has 2 rings (SSSR count). The van der Waals surface area contributed by atoms with Gasteiger partial charge in [0.2, 0.25) is 0 Å². The highest BCUT2D eigenvalue weighted by molar-refractivity contribution is 5.58. The summed E-state index contributed by atoms with van der Waals surface area (Å²) >= 11 is 0. The Morgan fingerprint density at radius 2 is 1.95 bits per heavy atom. The molecule has 2 N–H and O–H groups in total. The van der Waals surface area contributed by atoms with Crippen molar-refractivity contribution in [3.63, 3.8) is 0 Å². The predicted octanol–water partition coefficient (Wildman–Crippen LogP) is 1.74. The molecule has 0 amide bonds. The van der Waals surface area contributed by atoms with Crippen LogP contribution in [0.25, 0.3) is 11.4 Å². The first kappa shape index (κ1) is 13.5. The lowest BCUT2D eigenvalue weighted by Crippen LogP contribution is -2.31. The Labute approximate surface area is 112 Å². The predicted molar refractivity (Wildman–Crippen MR) is 73.4 cm³/mol. The number of nitrogens with zero attached hydrogens (tertiary/aromatic N) is 4. The average Bonchev–Trinajstić information content (AvgIpc) is 2.77. The van der Waals surface area contributed by atoms with Gasteiger partial charge in [-0.25, -0.2) is 4.68 Å². The molecular formula is C13H19N5O. The first-order chi connectivity index (χ1) is 9.02. The van der Waals surface area contributed by atoms with Crippen molar-refractivity contribution < 1.29 is 4.74 Å². The number of aromatic nitrogens is 4. The molecule has 2 aromatic rings. The SMILES string of the molecule is CCOC(C)(C)Cn1nnnc1-c1ccc(N)cc1. The minimum absolute atomic E-state index is 0.313. The van der Waals surface area contributed by atoms with E-state index in [9.17, 15) is 0 Å². The monoisotopic (exact) mass is 261 g/mol. The standard InChI is InChI=1S/C13H19N5O/c1-4-19-13(2,3)9-18-12(15-16-17-18)10-5-7-11(14)8-6-10/h5-8H,4,9,14H2,1-3H3. The molecule has 102 valence electrons. The Hall–Kier alpha value is -1.95. The first-order valence-electron chi connectivity index (χ1n) is 6.28. The van der Waals surface area contributed by atoms with Crippen LogP contribution in [0, 0.1) is 0 Å². The Morgan fingerprint density at radius 3 is 2.58 bits per heavy atom. The number of nitrogen functional groups attached to an aromatic ring is 1. The van der Waals surface area contributed by atoms with E-state index in [1.807, 2.05) is 45.0 Å². The first-order valence-corrected chi connectivity index (χ1v) is 6.28. The summed E-state index contributed by atoms with van der Waals surface area (Å²) in [7, 11) is 0. The number of nitrogens with two attached hydrogens (primary N) is 1. The van der Waals surface area contributed by atoms with Gasteiger partial charge in [-0.3, -0.25) is 0 Å².